The fraction of sp³-hybridized carbons (Fsp3) is 0.520. The summed E-state index contributed by atoms with van der Waals surface area (Å²) in [5.74, 6) is -1.20. The van der Waals surface area contributed by atoms with E-state index in [2.05, 4.69) is 11.7 Å². The van der Waals surface area contributed by atoms with Crippen molar-refractivity contribution in [1.29, 1.82) is 0 Å². The average molecular weight is 470 g/mol. The second-order valence-corrected chi connectivity index (χ2v) is 11.7. The van der Waals surface area contributed by atoms with Gasteiger partial charge in [0.25, 0.3) is 0 Å². The number of unbranched alkanes of at least 4 members (excludes halogenated alkanes) is 2. The molecule has 2 aromatic rings. The molecule has 2 aromatic carbocycles. The van der Waals surface area contributed by atoms with Gasteiger partial charge in [-0.3, -0.25) is 0 Å². The lowest BCUT2D eigenvalue weighted by molar-refractivity contribution is -0.274. The second-order valence-electron chi connectivity index (χ2n) is 8.70. The van der Waals surface area contributed by atoms with E-state index < -0.39 is 23.7 Å². The van der Waals surface area contributed by atoms with Crippen LogP contribution < -0.4 is 4.74 Å². The molecule has 0 atom stereocenters. The lowest BCUT2D eigenvalue weighted by Crippen LogP contribution is -2.21. The van der Waals surface area contributed by atoms with E-state index in [1.165, 1.54) is 74.5 Å². The van der Waals surface area contributed by atoms with E-state index in [9.17, 15) is 22.0 Å². The van der Waals surface area contributed by atoms with Gasteiger partial charge in [0, 0.05) is 8.80 Å². The van der Waals surface area contributed by atoms with Crippen LogP contribution in [0, 0.1) is 17.6 Å². The van der Waals surface area contributed by atoms with E-state index >= 15 is 0 Å². The van der Waals surface area contributed by atoms with Gasteiger partial charge in [0.05, 0.1) is 5.56 Å². The summed E-state index contributed by atoms with van der Waals surface area (Å²) in [6.45, 7) is 2.23. The van der Waals surface area contributed by atoms with Crippen LogP contribution in [0.3, 0.4) is 0 Å². The van der Waals surface area contributed by atoms with Crippen molar-refractivity contribution in [3.8, 4) is 16.9 Å². The van der Waals surface area contributed by atoms with Gasteiger partial charge in [0.15, 0.2) is 0 Å². The highest BCUT2D eigenvalue weighted by molar-refractivity contribution is 6.58. The highest BCUT2D eigenvalue weighted by Crippen LogP contribution is 2.33. The highest BCUT2D eigenvalue weighted by atomic mass is 28.3. The Morgan fingerprint density at radius 1 is 0.969 bits per heavy atom. The molecule has 1 radical (unpaired) electrons. The van der Waals surface area contributed by atoms with Crippen molar-refractivity contribution in [3.63, 3.8) is 0 Å². The van der Waals surface area contributed by atoms with Gasteiger partial charge < -0.3 is 4.74 Å². The Morgan fingerprint density at radius 3 is 2.16 bits per heavy atom. The Hall–Kier alpha value is -1.89. The maximum Gasteiger partial charge on any atom is 0.573 e. The number of ether oxygens (including phenoxy) is 1. The Morgan fingerprint density at radius 2 is 1.59 bits per heavy atom. The summed E-state index contributed by atoms with van der Waals surface area (Å²) in [4.78, 5) is 0. The maximum absolute atomic E-state index is 14.7. The molecule has 1 nitrogen and oxygen atoms in total. The smallest absolute Gasteiger partial charge is 0.406 e. The normalized spacial score (nSPS) is 15.8. The molecule has 0 N–H and O–H groups in total. The molecular formula is C25H30F5OSi. The zero-order valence-corrected chi connectivity index (χ0v) is 19.4. The van der Waals surface area contributed by atoms with Crippen LogP contribution in [-0.4, -0.2) is 15.2 Å². The Kier molecular flexibility index (Phi) is 8.74. The van der Waals surface area contributed by atoms with Crippen molar-refractivity contribution >= 4 is 8.80 Å². The number of halogens is 5. The molecule has 3 rings (SSSR count). The van der Waals surface area contributed by atoms with Crippen LogP contribution in [0.2, 0.25) is 18.1 Å². The van der Waals surface area contributed by atoms with Gasteiger partial charge in [0.1, 0.15) is 17.4 Å². The van der Waals surface area contributed by atoms with E-state index in [-0.39, 0.29) is 19.9 Å². The number of alkyl halides is 3. The molecule has 175 valence electrons. The van der Waals surface area contributed by atoms with Crippen LogP contribution in [0.4, 0.5) is 22.0 Å². The van der Waals surface area contributed by atoms with Crippen LogP contribution >= 0.6 is 0 Å². The zero-order valence-electron chi connectivity index (χ0n) is 18.4. The summed E-state index contributed by atoms with van der Waals surface area (Å²) in [6, 6.07) is 11.4. The highest BCUT2D eigenvalue weighted by Gasteiger charge is 2.31. The molecule has 0 bridgehead atoms. The van der Waals surface area contributed by atoms with Crippen LogP contribution in [0.1, 0.15) is 51.0 Å². The van der Waals surface area contributed by atoms with Gasteiger partial charge in [-0.05, 0) is 54.2 Å². The minimum absolute atomic E-state index is 0.172. The average Bonchev–Trinajstić information content (AvgIpc) is 2.73. The Balaban J connectivity index is 1.56. The fourth-order valence-electron chi connectivity index (χ4n) is 4.49. The standard InChI is InChI=1S/C25H30F5OSi/c1-2-3-4-13-32-14-11-18(12-15-32)5-6-19-16-22(26)24(23(27)17-19)20-7-9-21(10-8-20)31-25(28,29)30/h7-10,16-18H,2-6,11-15H2,1H3. The monoisotopic (exact) mass is 469 g/mol. The summed E-state index contributed by atoms with van der Waals surface area (Å²) in [5, 5.41) is 0. The molecular weight excluding hydrogens is 439 g/mol. The summed E-state index contributed by atoms with van der Waals surface area (Å²) < 4.78 is 70.0. The number of aryl methyl sites for hydroxylation is 1. The SMILES string of the molecule is CCCCC[Si]1CCC(CCc2cc(F)c(-c3ccc(OC(F)(F)F)cc3)c(F)c2)CC1. The van der Waals surface area contributed by atoms with Crippen molar-refractivity contribution in [2.45, 2.75) is 76.4 Å². The van der Waals surface area contributed by atoms with Gasteiger partial charge in [0.2, 0.25) is 0 Å². The van der Waals surface area contributed by atoms with Crippen LogP contribution in [0.15, 0.2) is 36.4 Å². The van der Waals surface area contributed by atoms with Crippen LogP contribution in [-0.2, 0) is 6.42 Å². The summed E-state index contributed by atoms with van der Waals surface area (Å²) in [7, 11) is -0.189. The zero-order chi connectivity index (χ0) is 23.1. The van der Waals surface area contributed by atoms with Crippen molar-refractivity contribution in [2.24, 2.45) is 5.92 Å². The molecule has 1 aliphatic heterocycles. The maximum atomic E-state index is 14.7. The third-order valence-corrected chi connectivity index (χ3v) is 9.32. The predicted octanol–water partition coefficient (Wildman–Crippen LogP) is 8.56. The second kappa shape index (κ2) is 11.3. The van der Waals surface area contributed by atoms with Crippen molar-refractivity contribution < 1.29 is 26.7 Å². The van der Waals surface area contributed by atoms with Crippen LogP contribution in [0.5, 0.6) is 5.75 Å². The Bertz CT molecular complexity index is 835. The quantitative estimate of drug-likeness (QED) is 0.203. The first kappa shape index (κ1) is 24.7. The van der Waals surface area contributed by atoms with E-state index in [4.69, 9.17) is 0 Å². The molecule has 0 spiro atoms. The first-order chi connectivity index (χ1) is 15.2. The van der Waals surface area contributed by atoms with E-state index in [0.29, 0.717) is 17.9 Å². The third kappa shape index (κ3) is 7.32. The topological polar surface area (TPSA) is 9.23 Å². The van der Waals surface area contributed by atoms with Gasteiger partial charge in [-0.1, -0.05) is 69.3 Å². The van der Waals surface area contributed by atoms with Gasteiger partial charge >= 0.3 is 6.36 Å². The minimum atomic E-state index is -4.81. The molecule has 32 heavy (non-hydrogen) atoms. The van der Waals surface area contributed by atoms with E-state index in [1.807, 2.05) is 0 Å². The van der Waals surface area contributed by atoms with Crippen LogP contribution in [0.25, 0.3) is 11.1 Å². The first-order valence-corrected chi connectivity index (χ1v) is 13.5. The summed E-state index contributed by atoms with van der Waals surface area (Å²) >= 11 is 0. The molecule has 7 heteroatoms. The molecule has 0 aromatic heterocycles. The number of hydrogen-bond acceptors (Lipinski definition) is 1. The van der Waals surface area contributed by atoms with Crippen molar-refractivity contribution in [2.75, 3.05) is 0 Å². The molecule has 1 saturated heterocycles. The van der Waals surface area contributed by atoms with Gasteiger partial charge in [-0.15, -0.1) is 13.2 Å². The number of hydrogen-bond donors (Lipinski definition) is 0. The molecule has 0 unspecified atom stereocenters. The van der Waals surface area contributed by atoms with Crippen molar-refractivity contribution in [3.05, 3.63) is 53.6 Å². The lowest BCUT2D eigenvalue weighted by atomic mass is 9.93. The third-order valence-electron chi connectivity index (χ3n) is 6.27. The van der Waals surface area contributed by atoms with E-state index in [1.54, 1.807) is 0 Å². The summed E-state index contributed by atoms with van der Waals surface area (Å²) in [5.41, 5.74) is 0.565. The fourth-order valence-corrected chi connectivity index (χ4v) is 7.62. The molecule has 1 aliphatic rings. The molecule has 0 amide bonds. The Labute approximate surface area is 188 Å². The molecule has 0 saturated carbocycles. The van der Waals surface area contributed by atoms with E-state index in [0.717, 1.165) is 18.6 Å². The molecule has 0 aliphatic carbocycles. The predicted molar refractivity (Wildman–Crippen MR) is 119 cm³/mol. The largest absolute Gasteiger partial charge is 0.573 e. The van der Waals surface area contributed by atoms with Gasteiger partial charge in [-0.2, -0.15) is 0 Å². The summed E-state index contributed by atoms with van der Waals surface area (Å²) in [6.07, 6.45) is 3.18. The first-order valence-electron chi connectivity index (χ1n) is 11.4. The lowest BCUT2D eigenvalue weighted by Gasteiger charge is -2.27. The molecule has 1 fully saturated rings. The number of benzene rings is 2. The molecule has 1 heterocycles. The minimum Gasteiger partial charge on any atom is -0.406 e. The van der Waals surface area contributed by atoms with Crippen molar-refractivity contribution in [1.82, 2.24) is 0 Å². The van der Waals surface area contributed by atoms with Gasteiger partial charge in [-0.25, -0.2) is 8.78 Å². The number of rotatable bonds is 9.